The number of hydrogen-bond donors (Lipinski definition) is 0. The van der Waals surface area contributed by atoms with Gasteiger partial charge in [0, 0.05) is 12.1 Å². The molecule has 22 heavy (non-hydrogen) atoms. The number of nitrogens with zero attached hydrogens (tertiary/aromatic N) is 1. The van der Waals surface area contributed by atoms with E-state index in [4.69, 9.17) is 4.74 Å². The number of ether oxygens (including phenoxy) is 1. The van der Waals surface area contributed by atoms with Gasteiger partial charge in [-0.2, -0.15) is 0 Å². The molecule has 2 heteroatoms. The first-order chi connectivity index (χ1) is 10.8. The Morgan fingerprint density at radius 1 is 1.32 bits per heavy atom. The van der Waals surface area contributed by atoms with Gasteiger partial charge in [0.2, 0.25) is 0 Å². The van der Waals surface area contributed by atoms with E-state index in [1.807, 2.05) is 0 Å². The minimum atomic E-state index is 0.882. The Morgan fingerprint density at radius 2 is 2.23 bits per heavy atom. The lowest BCUT2D eigenvalue weighted by Crippen LogP contribution is -2.34. The molecule has 0 bridgehead atoms. The van der Waals surface area contributed by atoms with Gasteiger partial charge in [-0.1, -0.05) is 25.1 Å². The minimum absolute atomic E-state index is 0.882. The smallest absolute Gasteiger partial charge is 0.122 e. The van der Waals surface area contributed by atoms with Gasteiger partial charge in [-0.05, 0) is 74.7 Å². The van der Waals surface area contributed by atoms with Crippen molar-refractivity contribution in [2.45, 2.75) is 45.4 Å². The number of rotatable bonds is 5. The van der Waals surface area contributed by atoms with Gasteiger partial charge in [-0.3, -0.25) is 0 Å². The van der Waals surface area contributed by atoms with Crippen molar-refractivity contribution >= 4 is 5.57 Å². The number of allylic oxidation sites excluding steroid dienone is 2. The van der Waals surface area contributed by atoms with Gasteiger partial charge < -0.3 is 9.64 Å². The molecule has 0 spiro atoms. The van der Waals surface area contributed by atoms with Crippen LogP contribution in [-0.4, -0.2) is 31.6 Å². The highest BCUT2D eigenvalue weighted by atomic mass is 16.5. The molecule has 0 aromatic heterocycles. The fourth-order valence-electron chi connectivity index (χ4n) is 4.04. The van der Waals surface area contributed by atoms with E-state index in [9.17, 15) is 0 Å². The molecule has 0 radical (unpaired) electrons. The van der Waals surface area contributed by atoms with Gasteiger partial charge in [0.05, 0.1) is 7.11 Å². The van der Waals surface area contributed by atoms with Crippen LogP contribution in [0.5, 0.6) is 5.75 Å². The molecule has 2 aliphatic rings. The molecule has 0 saturated carbocycles. The Bertz CT molecular complexity index is 535. The monoisotopic (exact) mass is 299 g/mol. The summed E-state index contributed by atoms with van der Waals surface area (Å²) in [4.78, 5) is 2.66. The van der Waals surface area contributed by atoms with Gasteiger partial charge in [-0.15, -0.1) is 0 Å². The van der Waals surface area contributed by atoms with E-state index in [-0.39, 0.29) is 0 Å². The first-order valence-corrected chi connectivity index (χ1v) is 8.85. The molecule has 1 atom stereocenters. The van der Waals surface area contributed by atoms with Crippen LogP contribution in [0.15, 0.2) is 24.3 Å². The largest absolute Gasteiger partial charge is 0.496 e. The molecule has 1 aliphatic carbocycles. The van der Waals surface area contributed by atoms with Crippen LogP contribution < -0.4 is 4.74 Å². The second-order valence-electron chi connectivity index (χ2n) is 6.91. The Morgan fingerprint density at radius 3 is 3.05 bits per heavy atom. The molecule has 1 heterocycles. The predicted molar refractivity (Wildman–Crippen MR) is 93.4 cm³/mol. The van der Waals surface area contributed by atoms with E-state index in [1.54, 1.807) is 7.11 Å². The Labute approximate surface area is 135 Å². The van der Waals surface area contributed by atoms with Gasteiger partial charge >= 0.3 is 0 Å². The topological polar surface area (TPSA) is 12.5 Å². The summed E-state index contributed by atoms with van der Waals surface area (Å²) in [6.07, 6.45) is 9.98. The maximum atomic E-state index is 5.54. The van der Waals surface area contributed by atoms with Crippen LogP contribution in [0.4, 0.5) is 0 Å². The van der Waals surface area contributed by atoms with E-state index in [0.717, 1.165) is 24.5 Å². The zero-order chi connectivity index (χ0) is 15.4. The van der Waals surface area contributed by atoms with Crippen LogP contribution in [0, 0.1) is 5.92 Å². The Kier molecular flexibility index (Phi) is 5.20. The number of benzene rings is 1. The molecule has 1 aromatic rings. The van der Waals surface area contributed by atoms with Crippen molar-refractivity contribution in [2.75, 3.05) is 26.7 Å². The van der Waals surface area contributed by atoms with E-state index >= 15 is 0 Å². The summed E-state index contributed by atoms with van der Waals surface area (Å²) >= 11 is 0. The summed E-state index contributed by atoms with van der Waals surface area (Å²) in [6.45, 7) is 6.23. The maximum absolute atomic E-state index is 5.54. The molecule has 1 fully saturated rings. The van der Waals surface area contributed by atoms with Crippen LogP contribution in [0.3, 0.4) is 0 Å². The predicted octanol–water partition coefficient (Wildman–Crippen LogP) is 4.54. The maximum Gasteiger partial charge on any atom is 0.122 e. The summed E-state index contributed by atoms with van der Waals surface area (Å²) in [5.41, 5.74) is 4.37. The van der Waals surface area contributed by atoms with Crippen molar-refractivity contribution in [3.8, 4) is 5.75 Å². The first-order valence-electron chi connectivity index (χ1n) is 8.85. The quantitative estimate of drug-likeness (QED) is 0.791. The van der Waals surface area contributed by atoms with Crippen LogP contribution in [-0.2, 0) is 6.42 Å². The average molecular weight is 299 g/mol. The van der Waals surface area contributed by atoms with Crippen LogP contribution in [0.25, 0.3) is 5.57 Å². The lowest BCUT2D eigenvalue weighted by atomic mass is 9.88. The summed E-state index contributed by atoms with van der Waals surface area (Å²) in [5.74, 6) is 1.94. The fourth-order valence-corrected chi connectivity index (χ4v) is 4.04. The molecule has 3 rings (SSSR count). The minimum Gasteiger partial charge on any atom is -0.496 e. The molecule has 0 amide bonds. The van der Waals surface area contributed by atoms with Crippen molar-refractivity contribution in [1.29, 1.82) is 0 Å². The normalized spacial score (nSPS) is 22.1. The highest BCUT2D eigenvalue weighted by Gasteiger charge is 2.18. The summed E-state index contributed by atoms with van der Waals surface area (Å²) in [5, 5.41) is 0. The van der Waals surface area contributed by atoms with Crippen molar-refractivity contribution < 1.29 is 4.74 Å². The van der Waals surface area contributed by atoms with Crippen molar-refractivity contribution in [3.63, 3.8) is 0 Å². The van der Waals surface area contributed by atoms with Crippen molar-refractivity contribution in [2.24, 2.45) is 5.92 Å². The van der Waals surface area contributed by atoms with Crippen molar-refractivity contribution in [1.82, 2.24) is 4.90 Å². The van der Waals surface area contributed by atoms with Crippen LogP contribution in [0.1, 0.15) is 50.2 Å². The number of piperidine rings is 1. The number of methoxy groups -OCH3 is 1. The molecule has 1 aliphatic heterocycles. The molecular weight excluding hydrogens is 270 g/mol. The second kappa shape index (κ2) is 7.32. The van der Waals surface area contributed by atoms with E-state index < -0.39 is 0 Å². The molecule has 1 saturated heterocycles. The van der Waals surface area contributed by atoms with Gasteiger partial charge in [0.15, 0.2) is 0 Å². The highest BCUT2D eigenvalue weighted by Crippen LogP contribution is 2.35. The van der Waals surface area contributed by atoms with Crippen LogP contribution >= 0.6 is 0 Å². The highest BCUT2D eigenvalue weighted by molar-refractivity contribution is 5.72. The fraction of sp³-hybridized carbons (Fsp3) is 0.600. The van der Waals surface area contributed by atoms with E-state index in [2.05, 4.69) is 36.1 Å². The Balaban J connectivity index is 1.59. The number of hydrogen-bond acceptors (Lipinski definition) is 2. The number of likely N-dealkylation sites (tertiary alicyclic amines) is 1. The van der Waals surface area contributed by atoms with Crippen LogP contribution in [0.2, 0.25) is 0 Å². The molecule has 120 valence electrons. The standard InChI is InChI=1S/C20H29NO/c1-16-7-5-13-21(15-16)14-6-9-17-8-3-11-19-18(17)10-4-12-20(19)22-2/h4,8,10,12,16H,3,5-7,9,11,13-15H2,1-2H3/t16-/m1/s1. The number of fused-ring (bicyclic) bond motifs is 1. The lowest BCUT2D eigenvalue weighted by Gasteiger charge is -2.31. The first kappa shape index (κ1) is 15.6. The molecule has 1 aromatic carbocycles. The summed E-state index contributed by atoms with van der Waals surface area (Å²) < 4.78 is 5.54. The third-order valence-corrected chi connectivity index (χ3v) is 5.15. The summed E-state index contributed by atoms with van der Waals surface area (Å²) in [7, 11) is 1.78. The van der Waals surface area contributed by atoms with Gasteiger partial charge in [0.1, 0.15) is 5.75 Å². The zero-order valence-corrected chi connectivity index (χ0v) is 14.1. The average Bonchev–Trinajstić information content (AvgIpc) is 2.54. The molecule has 0 unspecified atom stereocenters. The Hall–Kier alpha value is -1.28. The van der Waals surface area contributed by atoms with Gasteiger partial charge in [0.25, 0.3) is 0 Å². The molecule has 2 nitrogen and oxygen atoms in total. The molecular formula is C20H29NO. The molecule has 0 N–H and O–H groups in total. The summed E-state index contributed by atoms with van der Waals surface area (Å²) in [6, 6.07) is 6.49. The van der Waals surface area contributed by atoms with Crippen molar-refractivity contribution in [3.05, 3.63) is 35.4 Å². The second-order valence-corrected chi connectivity index (χ2v) is 6.91. The SMILES string of the molecule is COc1cccc2c1CCC=C2CCCN1CCC[C@@H](C)C1. The van der Waals surface area contributed by atoms with Gasteiger partial charge in [-0.25, -0.2) is 0 Å². The zero-order valence-electron chi connectivity index (χ0n) is 14.1. The van der Waals surface area contributed by atoms with E-state index in [0.29, 0.717) is 0 Å². The third-order valence-electron chi connectivity index (χ3n) is 5.15. The lowest BCUT2D eigenvalue weighted by molar-refractivity contribution is 0.183. The van der Waals surface area contributed by atoms with E-state index in [1.165, 1.54) is 62.0 Å². The third kappa shape index (κ3) is 3.55.